The molecule has 0 aliphatic heterocycles. The van der Waals surface area contributed by atoms with Gasteiger partial charge in [-0.25, -0.2) is 9.97 Å². The lowest BCUT2D eigenvalue weighted by Gasteiger charge is -2.28. The number of aliphatic hydroxyl groups is 1. The van der Waals surface area contributed by atoms with Crippen LogP contribution in [0.15, 0.2) is 17.4 Å². The Morgan fingerprint density at radius 2 is 2.21 bits per heavy atom. The number of rotatable bonds is 5. The predicted molar refractivity (Wildman–Crippen MR) is 71.2 cm³/mol. The molecule has 0 saturated heterocycles. The molecule has 0 atom stereocenters. The third kappa shape index (κ3) is 3.11. The van der Waals surface area contributed by atoms with Gasteiger partial charge in [0, 0.05) is 18.8 Å². The number of oxime groups is 1. The summed E-state index contributed by atoms with van der Waals surface area (Å²) in [5, 5.41) is 20.8. The molecule has 0 spiro atoms. The molecular formula is C12H19N5O2. The number of amidine groups is 1. The van der Waals surface area contributed by atoms with E-state index in [4.69, 9.17) is 10.9 Å². The van der Waals surface area contributed by atoms with Crippen LogP contribution in [-0.4, -0.2) is 45.3 Å². The van der Waals surface area contributed by atoms with Gasteiger partial charge in [-0.15, -0.1) is 0 Å². The molecule has 1 aliphatic rings. The lowest BCUT2D eigenvalue weighted by Crippen LogP contribution is -2.37. The maximum atomic E-state index is 9.20. The first-order valence-corrected chi connectivity index (χ1v) is 6.44. The molecule has 1 aromatic heterocycles. The third-order valence-corrected chi connectivity index (χ3v) is 3.38. The Labute approximate surface area is 111 Å². The van der Waals surface area contributed by atoms with Crippen LogP contribution >= 0.6 is 0 Å². The van der Waals surface area contributed by atoms with Gasteiger partial charge in [-0.05, 0) is 18.9 Å². The maximum absolute atomic E-state index is 9.20. The second-order valence-electron chi connectivity index (χ2n) is 4.58. The van der Waals surface area contributed by atoms with Crippen LogP contribution in [0.5, 0.6) is 0 Å². The summed E-state index contributed by atoms with van der Waals surface area (Å²) in [5.41, 5.74) is 5.92. The molecule has 1 heterocycles. The fourth-order valence-electron chi connectivity index (χ4n) is 2.45. The van der Waals surface area contributed by atoms with Gasteiger partial charge >= 0.3 is 0 Å². The highest BCUT2D eigenvalue weighted by Crippen LogP contribution is 2.25. The molecule has 0 aromatic carbocycles. The Morgan fingerprint density at radius 3 is 2.84 bits per heavy atom. The number of hydrogen-bond acceptors (Lipinski definition) is 6. The maximum Gasteiger partial charge on any atom is 0.226 e. The molecule has 7 nitrogen and oxygen atoms in total. The molecule has 0 amide bonds. The molecule has 0 unspecified atom stereocenters. The van der Waals surface area contributed by atoms with E-state index in [-0.39, 0.29) is 12.4 Å². The van der Waals surface area contributed by atoms with Crippen LogP contribution < -0.4 is 10.6 Å². The summed E-state index contributed by atoms with van der Waals surface area (Å²) in [6.45, 7) is 0.540. The minimum absolute atomic E-state index is 0.0426. The molecule has 2 rings (SSSR count). The van der Waals surface area contributed by atoms with Crippen molar-refractivity contribution in [3.05, 3.63) is 18.0 Å². The van der Waals surface area contributed by atoms with Gasteiger partial charge in [0.15, 0.2) is 5.84 Å². The van der Waals surface area contributed by atoms with Gasteiger partial charge in [-0.1, -0.05) is 18.0 Å². The molecule has 1 aliphatic carbocycles. The molecule has 0 radical (unpaired) electrons. The molecule has 1 saturated carbocycles. The number of aromatic nitrogens is 2. The molecule has 7 heteroatoms. The van der Waals surface area contributed by atoms with Gasteiger partial charge < -0.3 is 20.9 Å². The van der Waals surface area contributed by atoms with Crippen LogP contribution in [0.2, 0.25) is 0 Å². The van der Waals surface area contributed by atoms with Gasteiger partial charge in [-0.2, -0.15) is 0 Å². The summed E-state index contributed by atoms with van der Waals surface area (Å²) in [5.74, 6) is 0.476. The monoisotopic (exact) mass is 265 g/mol. The minimum Gasteiger partial charge on any atom is -0.409 e. The Bertz CT molecular complexity index is 446. The number of aliphatic hydroxyl groups excluding tert-OH is 1. The van der Waals surface area contributed by atoms with Gasteiger partial charge in [0.1, 0.15) is 5.69 Å². The van der Waals surface area contributed by atoms with Crippen LogP contribution in [0.1, 0.15) is 31.4 Å². The van der Waals surface area contributed by atoms with E-state index in [0.29, 0.717) is 24.2 Å². The molecule has 1 fully saturated rings. The fourth-order valence-corrected chi connectivity index (χ4v) is 2.45. The zero-order valence-corrected chi connectivity index (χ0v) is 10.7. The zero-order valence-electron chi connectivity index (χ0n) is 10.7. The van der Waals surface area contributed by atoms with Crippen molar-refractivity contribution in [3.63, 3.8) is 0 Å². The van der Waals surface area contributed by atoms with E-state index >= 15 is 0 Å². The van der Waals surface area contributed by atoms with Crippen LogP contribution in [0, 0.1) is 0 Å². The second kappa shape index (κ2) is 6.33. The molecule has 4 N–H and O–H groups in total. The van der Waals surface area contributed by atoms with Crippen LogP contribution in [0.25, 0.3) is 0 Å². The fraction of sp³-hybridized carbons (Fsp3) is 0.583. The van der Waals surface area contributed by atoms with Crippen LogP contribution in [0.3, 0.4) is 0 Å². The van der Waals surface area contributed by atoms with E-state index in [0.717, 1.165) is 12.8 Å². The highest BCUT2D eigenvalue weighted by molar-refractivity contribution is 5.95. The van der Waals surface area contributed by atoms with E-state index < -0.39 is 0 Å². The van der Waals surface area contributed by atoms with E-state index in [1.807, 2.05) is 4.90 Å². The van der Waals surface area contributed by atoms with Crippen molar-refractivity contribution in [2.45, 2.75) is 31.7 Å². The van der Waals surface area contributed by atoms with Gasteiger partial charge in [0.05, 0.1) is 6.61 Å². The Morgan fingerprint density at radius 1 is 1.47 bits per heavy atom. The second-order valence-corrected chi connectivity index (χ2v) is 4.58. The van der Waals surface area contributed by atoms with Crippen molar-refractivity contribution in [3.8, 4) is 0 Å². The number of nitrogens with zero attached hydrogens (tertiary/aromatic N) is 4. The molecule has 104 valence electrons. The average Bonchev–Trinajstić information content (AvgIpc) is 2.98. The van der Waals surface area contributed by atoms with E-state index in [1.165, 1.54) is 12.8 Å². The topological polar surface area (TPSA) is 108 Å². The van der Waals surface area contributed by atoms with Crippen molar-refractivity contribution >= 4 is 11.8 Å². The van der Waals surface area contributed by atoms with Crippen molar-refractivity contribution in [1.29, 1.82) is 0 Å². The normalized spacial score (nSPS) is 16.8. The summed E-state index contributed by atoms with van der Waals surface area (Å²) in [6, 6.07) is 1.94. The van der Waals surface area contributed by atoms with Crippen molar-refractivity contribution in [2.75, 3.05) is 18.1 Å². The quantitative estimate of drug-likeness (QED) is 0.306. The Hall–Kier alpha value is -1.89. The van der Waals surface area contributed by atoms with Crippen LogP contribution in [-0.2, 0) is 0 Å². The van der Waals surface area contributed by atoms with E-state index in [9.17, 15) is 5.11 Å². The van der Waals surface area contributed by atoms with Gasteiger partial charge in [0.2, 0.25) is 5.95 Å². The molecule has 0 bridgehead atoms. The predicted octanol–water partition coefficient (Wildman–Crippen LogP) is 0.312. The smallest absolute Gasteiger partial charge is 0.226 e. The lowest BCUT2D eigenvalue weighted by molar-refractivity contribution is 0.296. The van der Waals surface area contributed by atoms with Crippen molar-refractivity contribution < 1.29 is 10.3 Å². The summed E-state index contributed by atoms with van der Waals surface area (Å²) >= 11 is 0. The van der Waals surface area contributed by atoms with E-state index in [1.54, 1.807) is 12.3 Å². The minimum atomic E-state index is -0.0426. The molecular weight excluding hydrogens is 246 g/mol. The first kappa shape index (κ1) is 13.5. The molecule has 19 heavy (non-hydrogen) atoms. The summed E-state index contributed by atoms with van der Waals surface area (Å²) in [7, 11) is 0. The zero-order chi connectivity index (χ0) is 13.7. The first-order chi connectivity index (χ1) is 9.26. The summed E-state index contributed by atoms with van der Waals surface area (Å²) in [4.78, 5) is 10.5. The first-order valence-electron chi connectivity index (χ1n) is 6.44. The highest BCUT2D eigenvalue weighted by atomic mass is 16.4. The Balaban J connectivity index is 2.25. The van der Waals surface area contributed by atoms with Gasteiger partial charge in [-0.3, -0.25) is 0 Å². The van der Waals surface area contributed by atoms with Crippen LogP contribution in [0.4, 0.5) is 5.95 Å². The summed E-state index contributed by atoms with van der Waals surface area (Å²) in [6.07, 6.45) is 6.11. The average molecular weight is 265 g/mol. The number of hydrogen-bond donors (Lipinski definition) is 3. The largest absolute Gasteiger partial charge is 0.409 e. The van der Waals surface area contributed by atoms with E-state index in [2.05, 4.69) is 15.1 Å². The Kier molecular flexibility index (Phi) is 4.51. The SMILES string of the molecule is N/C(=N/O)c1ccnc(N(CCO)C2CCCC2)n1. The van der Waals surface area contributed by atoms with Gasteiger partial charge in [0.25, 0.3) is 0 Å². The number of anilines is 1. The number of nitrogens with two attached hydrogens (primary N) is 1. The van der Waals surface area contributed by atoms with Crippen molar-refractivity contribution in [1.82, 2.24) is 9.97 Å². The third-order valence-electron chi connectivity index (χ3n) is 3.38. The van der Waals surface area contributed by atoms with Crippen molar-refractivity contribution in [2.24, 2.45) is 10.9 Å². The standard InChI is InChI=1S/C12H19N5O2/c13-11(16-19)10-5-6-14-12(15-10)17(7-8-18)9-3-1-2-4-9/h5-6,9,18-19H,1-4,7-8H2,(H2,13,16). The highest BCUT2D eigenvalue weighted by Gasteiger charge is 2.24. The molecule has 1 aromatic rings. The lowest BCUT2D eigenvalue weighted by atomic mass is 10.2. The summed E-state index contributed by atoms with van der Waals surface area (Å²) < 4.78 is 0.